The Balaban J connectivity index is 1.31. The molecule has 3 saturated heterocycles. The Morgan fingerprint density at radius 2 is 1.96 bits per heavy atom. The van der Waals surface area contributed by atoms with Crippen LogP contribution in [-0.2, 0) is 17.6 Å². The molecule has 1 amide bonds. The first-order chi connectivity index (χ1) is 24.5. The minimum atomic E-state index is -0.589. The number of amides is 1. The van der Waals surface area contributed by atoms with Gasteiger partial charge in [-0.1, -0.05) is 24.3 Å². The summed E-state index contributed by atoms with van der Waals surface area (Å²) in [5, 5.41) is 22.8. The van der Waals surface area contributed by atoms with Crippen LogP contribution in [0.1, 0.15) is 64.0 Å². The first kappa shape index (κ1) is 33.5. The maximum absolute atomic E-state index is 17.6. The fourth-order valence-electron chi connectivity index (χ4n) is 9.05. The molecule has 5 aliphatic rings. The summed E-state index contributed by atoms with van der Waals surface area (Å²) >= 11 is 0. The molecule has 0 spiro atoms. The molecule has 3 aromatic carbocycles. The van der Waals surface area contributed by atoms with Crippen LogP contribution >= 0.6 is 0 Å². The standard InChI is InChI=1S/C41H46FN5O4/c1-41(2,3)51-40(49)47-22-26-20-33(47)37(26)46-17-9-14-30-38(46)32-19-25(11-7-15-43)34(31-21-28(48)18-24-10-5-6-13-29(24)31)35(42)36(32)44-39(30)50-23-27-12-8-16-45(27)4/h5-6,10,13,18-19,21,26-27,33,37,48H,7-9,11-12,14,16-17,20,22-23H2,1-4H3. The van der Waals surface area contributed by atoms with Crippen molar-refractivity contribution in [2.24, 2.45) is 5.92 Å². The number of fused-ring (bicyclic) bond motifs is 5. The second-order valence-corrected chi connectivity index (χ2v) is 15.8. The highest BCUT2D eigenvalue weighted by Crippen LogP contribution is 2.51. The van der Waals surface area contributed by atoms with Crippen LogP contribution in [-0.4, -0.2) is 83.0 Å². The Hall–Kier alpha value is -4.62. The maximum atomic E-state index is 17.6. The molecule has 2 bridgehead atoms. The fraction of sp³-hybridized carbons (Fsp3) is 0.488. The third kappa shape index (κ3) is 5.89. The number of pyridine rings is 1. The van der Waals surface area contributed by atoms with Crippen molar-refractivity contribution >= 4 is 33.5 Å². The van der Waals surface area contributed by atoms with Crippen molar-refractivity contribution in [2.45, 2.75) is 89.4 Å². The molecule has 51 heavy (non-hydrogen) atoms. The number of halogens is 1. The van der Waals surface area contributed by atoms with Gasteiger partial charge in [0.25, 0.3) is 0 Å². The van der Waals surface area contributed by atoms with E-state index in [9.17, 15) is 15.2 Å². The Morgan fingerprint density at radius 3 is 2.73 bits per heavy atom. The van der Waals surface area contributed by atoms with Crippen LogP contribution in [0.5, 0.6) is 11.6 Å². The minimum absolute atomic E-state index is 0.00337. The van der Waals surface area contributed by atoms with Crippen molar-refractivity contribution in [3.8, 4) is 28.8 Å². The molecule has 4 unspecified atom stereocenters. The third-order valence-corrected chi connectivity index (χ3v) is 11.4. The van der Waals surface area contributed by atoms with E-state index in [1.165, 1.54) is 0 Å². The molecule has 266 valence electrons. The highest BCUT2D eigenvalue weighted by atomic mass is 19.1. The number of aryl methyl sites for hydroxylation is 1. The SMILES string of the molecule is CN1CCCC1COc1nc2c(F)c(-c3cc(O)cc4ccccc34)c(CCC#N)cc2c2c1CCCN2C1C2CC1N(C(=O)OC(C)(C)C)C2. The van der Waals surface area contributed by atoms with E-state index < -0.39 is 11.4 Å². The minimum Gasteiger partial charge on any atom is -0.508 e. The van der Waals surface area contributed by atoms with Crippen molar-refractivity contribution in [3.63, 3.8) is 0 Å². The van der Waals surface area contributed by atoms with Gasteiger partial charge in [-0.25, -0.2) is 14.2 Å². The summed E-state index contributed by atoms with van der Waals surface area (Å²) in [4.78, 5) is 24.9. The van der Waals surface area contributed by atoms with Crippen LogP contribution in [0.15, 0.2) is 42.5 Å². The molecular formula is C41H46FN5O4. The molecule has 5 heterocycles. The van der Waals surface area contributed by atoms with Crippen molar-refractivity contribution in [1.82, 2.24) is 14.8 Å². The molecule has 0 radical (unpaired) electrons. The number of phenols is 1. The van der Waals surface area contributed by atoms with Gasteiger partial charge in [0.15, 0.2) is 5.82 Å². The summed E-state index contributed by atoms with van der Waals surface area (Å²) in [6, 6.07) is 15.5. The van der Waals surface area contributed by atoms with Gasteiger partial charge in [-0.05, 0) is 113 Å². The average molecular weight is 692 g/mol. The van der Waals surface area contributed by atoms with Crippen LogP contribution in [0, 0.1) is 23.1 Å². The molecule has 10 heteroatoms. The highest BCUT2D eigenvalue weighted by Gasteiger charge is 2.57. The van der Waals surface area contributed by atoms with Crippen molar-refractivity contribution in [2.75, 3.05) is 38.2 Å². The quantitative estimate of drug-likeness (QED) is 0.212. The summed E-state index contributed by atoms with van der Waals surface area (Å²) in [7, 11) is 2.11. The number of hydrogen-bond acceptors (Lipinski definition) is 8. The number of aromatic hydroxyl groups is 1. The molecule has 1 aliphatic carbocycles. The molecule has 1 saturated carbocycles. The van der Waals surface area contributed by atoms with Crippen molar-refractivity contribution in [1.29, 1.82) is 5.26 Å². The highest BCUT2D eigenvalue weighted by molar-refractivity contribution is 6.04. The Bertz CT molecular complexity index is 2070. The lowest BCUT2D eigenvalue weighted by Gasteiger charge is -2.48. The molecule has 4 atom stereocenters. The molecule has 4 aliphatic heterocycles. The van der Waals surface area contributed by atoms with Gasteiger partial charge in [0.2, 0.25) is 5.88 Å². The normalized spacial score (nSPS) is 23.0. The van der Waals surface area contributed by atoms with E-state index in [0.717, 1.165) is 67.2 Å². The molecule has 1 N–H and O–H groups in total. The first-order valence-electron chi connectivity index (χ1n) is 18.4. The number of ether oxygens (including phenoxy) is 2. The van der Waals surface area contributed by atoms with Crippen LogP contribution < -0.4 is 9.64 Å². The van der Waals surface area contributed by atoms with Gasteiger partial charge >= 0.3 is 6.09 Å². The lowest BCUT2D eigenvalue weighted by Crippen LogP contribution is -2.57. The number of likely N-dealkylation sites (N-methyl/N-ethyl adjacent to an activating group) is 1. The lowest BCUT2D eigenvalue weighted by molar-refractivity contribution is 0.0232. The van der Waals surface area contributed by atoms with E-state index in [0.29, 0.717) is 47.5 Å². The third-order valence-electron chi connectivity index (χ3n) is 11.4. The monoisotopic (exact) mass is 691 g/mol. The van der Waals surface area contributed by atoms with E-state index >= 15 is 4.39 Å². The Labute approximate surface area is 298 Å². The van der Waals surface area contributed by atoms with E-state index in [2.05, 4.69) is 22.9 Å². The number of phenolic OH excluding ortho intramolecular Hbond substituents is 1. The van der Waals surface area contributed by atoms with Gasteiger partial charge in [0.1, 0.15) is 23.5 Å². The van der Waals surface area contributed by atoms with Gasteiger partial charge in [-0.15, -0.1) is 0 Å². The lowest BCUT2D eigenvalue weighted by atomic mass is 9.77. The Morgan fingerprint density at radius 1 is 1.14 bits per heavy atom. The molecule has 1 aromatic heterocycles. The van der Waals surface area contributed by atoms with E-state index in [4.69, 9.17) is 14.5 Å². The van der Waals surface area contributed by atoms with E-state index in [-0.39, 0.29) is 47.8 Å². The van der Waals surface area contributed by atoms with Gasteiger partial charge in [-0.3, -0.25) is 0 Å². The predicted octanol–water partition coefficient (Wildman–Crippen LogP) is 7.59. The molecule has 9 rings (SSSR count). The summed E-state index contributed by atoms with van der Waals surface area (Å²) in [6.45, 7) is 8.55. The number of nitrogens with zero attached hydrogens (tertiary/aromatic N) is 5. The number of hydrogen-bond donors (Lipinski definition) is 1. The van der Waals surface area contributed by atoms with Crippen LogP contribution in [0.25, 0.3) is 32.8 Å². The Kier molecular flexibility index (Phi) is 8.45. The average Bonchev–Trinajstić information content (AvgIpc) is 3.81. The van der Waals surface area contributed by atoms with Gasteiger partial charge in [0.05, 0.1) is 23.8 Å². The van der Waals surface area contributed by atoms with E-state index in [1.807, 2.05) is 56.0 Å². The number of carbonyl (C=O) groups excluding carboxylic acids is 1. The summed E-state index contributed by atoms with van der Waals surface area (Å²) < 4.78 is 30.0. The fourth-order valence-corrected chi connectivity index (χ4v) is 9.05. The van der Waals surface area contributed by atoms with Gasteiger partial charge < -0.3 is 29.3 Å². The zero-order chi connectivity index (χ0) is 35.6. The van der Waals surface area contributed by atoms with Crippen LogP contribution in [0.2, 0.25) is 0 Å². The molecule has 4 aromatic rings. The largest absolute Gasteiger partial charge is 0.508 e. The van der Waals surface area contributed by atoms with Crippen LogP contribution in [0.3, 0.4) is 0 Å². The second-order valence-electron chi connectivity index (χ2n) is 15.8. The summed E-state index contributed by atoms with van der Waals surface area (Å²) in [5.74, 6) is 0.292. The summed E-state index contributed by atoms with van der Waals surface area (Å²) in [6.07, 6.45) is 4.96. The van der Waals surface area contributed by atoms with Gasteiger partial charge in [-0.2, -0.15) is 5.26 Å². The second kappa shape index (κ2) is 12.9. The zero-order valence-electron chi connectivity index (χ0n) is 29.9. The predicted molar refractivity (Wildman–Crippen MR) is 196 cm³/mol. The molecule has 9 nitrogen and oxygen atoms in total. The molecular weight excluding hydrogens is 645 g/mol. The number of likely N-dealkylation sites (tertiary alicyclic amines) is 1. The van der Waals surface area contributed by atoms with Crippen molar-refractivity contribution in [3.05, 3.63) is 59.4 Å². The number of aromatic nitrogens is 1. The molecule has 4 fully saturated rings. The first-order valence-corrected chi connectivity index (χ1v) is 18.4. The zero-order valence-corrected chi connectivity index (χ0v) is 29.9. The number of nitriles is 1. The topological polar surface area (TPSA) is 102 Å². The maximum Gasteiger partial charge on any atom is 0.410 e. The smallest absolute Gasteiger partial charge is 0.410 e. The number of anilines is 1. The van der Waals surface area contributed by atoms with Crippen molar-refractivity contribution < 1.29 is 23.8 Å². The number of benzene rings is 3. The summed E-state index contributed by atoms with van der Waals surface area (Å²) in [5.41, 5.74) is 3.14. The number of carbonyl (C=O) groups is 1. The van der Waals surface area contributed by atoms with Gasteiger partial charge in [0, 0.05) is 48.0 Å². The van der Waals surface area contributed by atoms with Crippen LogP contribution in [0.4, 0.5) is 14.9 Å². The van der Waals surface area contributed by atoms with E-state index in [1.54, 1.807) is 12.1 Å². The number of rotatable bonds is 7.